The summed E-state index contributed by atoms with van der Waals surface area (Å²) in [5.74, 6) is 0.232. The van der Waals surface area contributed by atoms with Crippen LogP contribution < -0.4 is 0 Å². The van der Waals surface area contributed by atoms with Crippen molar-refractivity contribution in [2.24, 2.45) is 5.92 Å². The zero-order valence-electron chi connectivity index (χ0n) is 8.71. The second kappa shape index (κ2) is 5.25. The summed E-state index contributed by atoms with van der Waals surface area (Å²) in [7, 11) is 0. The number of carbonyl (C=O) groups is 1. The van der Waals surface area contributed by atoms with Crippen molar-refractivity contribution in [2.45, 2.75) is 58.5 Å². The van der Waals surface area contributed by atoms with E-state index in [4.69, 9.17) is 4.74 Å². The van der Waals surface area contributed by atoms with Crippen LogP contribution in [0.4, 0.5) is 0 Å². The molecule has 2 heteroatoms. The first-order valence-corrected chi connectivity index (χ1v) is 5.44. The molecule has 0 saturated carbocycles. The van der Waals surface area contributed by atoms with Crippen molar-refractivity contribution in [3.8, 4) is 0 Å². The largest absolute Gasteiger partial charge is 0.462 e. The first-order valence-electron chi connectivity index (χ1n) is 5.44. The minimum Gasteiger partial charge on any atom is -0.462 e. The van der Waals surface area contributed by atoms with Crippen molar-refractivity contribution >= 4 is 5.97 Å². The SMILES string of the molecule is CCCCCC[C@H]1C[C@@H](C)OC1=O. The van der Waals surface area contributed by atoms with Gasteiger partial charge in [0.05, 0.1) is 12.0 Å². The van der Waals surface area contributed by atoms with E-state index in [0.717, 1.165) is 12.8 Å². The van der Waals surface area contributed by atoms with Gasteiger partial charge in [-0.15, -0.1) is 0 Å². The molecule has 1 aliphatic rings. The van der Waals surface area contributed by atoms with Crippen LogP contribution in [0.25, 0.3) is 0 Å². The lowest BCUT2D eigenvalue weighted by Crippen LogP contribution is -2.07. The molecule has 0 aromatic carbocycles. The summed E-state index contributed by atoms with van der Waals surface area (Å²) in [5.41, 5.74) is 0. The molecule has 1 rings (SSSR count). The summed E-state index contributed by atoms with van der Waals surface area (Å²) in [6, 6.07) is 0. The fraction of sp³-hybridized carbons (Fsp3) is 0.909. The number of rotatable bonds is 5. The molecule has 0 aliphatic carbocycles. The Morgan fingerprint density at radius 1 is 1.38 bits per heavy atom. The molecular formula is C11H20O2. The molecule has 0 aromatic heterocycles. The topological polar surface area (TPSA) is 26.3 Å². The predicted molar refractivity (Wildman–Crippen MR) is 52.4 cm³/mol. The van der Waals surface area contributed by atoms with E-state index in [1.807, 2.05) is 6.92 Å². The van der Waals surface area contributed by atoms with Gasteiger partial charge in [0.15, 0.2) is 0 Å². The van der Waals surface area contributed by atoms with Gasteiger partial charge in [-0.25, -0.2) is 0 Å². The van der Waals surface area contributed by atoms with Crippen molar-refractivity contribution in [3.63, 3.8) is 0 Å². The lowest BCUT2D eigenvalue weighted by atomic mass is 9.98. The Kier molecular flexibility index (Phi) is 4.26. The molecule has 1 fully saturated rings. The highest BCUT2D eigenvalue weighted by molar-refractivity contribution is 5.74. The normalized spacial score (nSPS) is 27.7. The molecule has 1 heterocycles. The van der Waals surface area contributed by atoms with E-state index < -0.39 is 0 Å². The third kappa shape index (κ3) is 3.37. The van der Waals surface area contributed by atoms with Gasteiger partial charge < -0.3 is 4.74 Å². The molecule has 1 saturated heterocycles. The molecule has 0 amide bonds. The maximum atomic E-state index is 11.2. The molecule has 0 unspecified atom stereocenters. The quantitative estimate of drug-likeness (QED) is 0.485. The molecule has 13 heavy (non-hydrogen) atoms. The summed E-state index contributed by atoms with van der Waals surface area (Å²) in [4.78, 5) is 11.2. The van der Waals surface area contributed by atoms with Crippen LogP contribution in [0.2, 0.25) is 0 Å². The summed E-state index contributed by atoms with van der Waals surface area (Å²) in [5, 5.41) is 0. The lowest BCUT2D eigenvalue weighted by molar-refractivity contribution is -0.143. The summed E-state index contributed by atoms with van der Waals surface area (Å²) in [6.45, 7) is 4.18. The van der Waals surface area contributed by atoms with Gasteiger partial charge in [0.2, 0.25) is 0 Å². The zero-order chi connectivity index (χ0) is 9.68. The van der Waals surface area contributed by atoms with Gasteiger partial charge in [-0.2, -0.15) is 0 Å². The fourth-order valence-corrected chi connectivity index (χ4v) is 1.89. The van der Waals surface area contributed by atoms with E-state index in [1.165, 1.54) is 25.7 Å². The maximum Gasteiger partial charge on any atom is 0.309 e. The minimum absolute atomic E-state index is 0.0315. The Morgan fingerprint density at radius 3 is 2.69 bits per heavy atom. The Labute approximate surface area is 80.7 Å². The number of hydrogen-bond donors (Lipinski definition) is 0. The maximum absolute atomic E-state index is 11.2. The van der Waals surface area contributed by atoms with Crippen LogP contribution in [0, 0.1) is 5.92 Å². The van der Waals surface area contributed by atoms with Gasteiger partial charge in [-0.05, 0) is 19.8 Å². The van der Waals surface area contributed by atoms with E-state index in [9.17, 15) is 4.79 Å². The third-order valence-corrected chi connectivity index (χ3v) is 2.67. The first kappa shape index (κ1) is 10.6. The van der Waals surface area contributed by atoms with Crippen LogP contribution in [-0.4, -0.2) is 12.1 Å². The van der Waals surface area contributed by atoms with E-state index in [0.29, 0.717) is 0 Å². The van der Waals surface area contributed by atoms with E-state index in [2.05, 4.69) is 6.92 Å². The van der Waals surface area contributed by atoms with Crippen LogP contribution in [0.5, 0.6) is 0 Å². The lowest BCUT2D eigenvalue weighted by Gasteiger charge is -2.03. The number of ether oxygens (including phenoxy) is 1. The molecule has 0 aromatic rings. The van der Waals surface area contributed by atoms with Gasteiger partial charge >= 0.3 is 5.97 Å². The molecule has 2 nitrogen and oxygen atoms in total. The molecule has 1 aliphatic heterocycles. The molecule has 0 bridgehead atoms. The smallest absolute Gasteiger partial charge is 0.309 e. The monoisotopic (exact) mass is 184 g/mol. The van der Waals surface area contributed by atoms with Crippen LogP contribution in [-0.2, 0) is 9.53 Å². The van der Waals surface area contributed by atoms with E-state index in [1.54, 1.807) is 0 Å². The number of carbonyl (C=O) groups excluding carboxylic acids is 1. The standard InChI is InChI=1S/C11H20O2/c1-3-4-5-6-7-10-8-9(2)13-11(10)12/h9-10H,3-8H2,1-2H3/t9-,10+/m1/s1. The zero-order valence-corrected chi connectivity index (χ0v) is 8.71. The van der Waals surface area contributed by atoms with Crippen molar-refractivity contribution < 1.29 is 9.53 Å². The molecule has 76 valence electrons. The van der Waals surface area contributed by atoms with Gasteiger partial charge in [0.25, 0.3) is 0 Å². The molecule has 2 atom stereocenters. The van der Waals surface area contributed by atoms with Gasteiger partial charge in [0, 0.05) is 0 Å². The van der Waals surface area contributed by atoms with Gasteiger partial charge in [0.1, 0.15) is 0 Å². The average molecular weight is 184 g/mol. The highest BCUT2D eigenvalue weighted by Gasteiger charge is 2.30. The average Bonchev–Trinajstić information content (AvgIpc) is 2.39. The number of esters is 1. The summed E-state index contributed by atoms with van der Waals surface area (Å²) >= 11 is 0. The highest BCUT2D eigenvalue weighted by Crippen LogP contribution is 2.25. The first-order chi connectivity index (χ1) is 6.24. The van der Waals surface area contributed by atoms with Crippen LogP contribution >= 0.6 is 0 Å². The molecule has 0 radical (unpaired) electrons. The van der Waals surface area contributed by atoms with Crippen LogP contribution in [0.15, 0.2) is 0 Å². The van der Waals surface area contributed by atoms with Crippen molar-refractivity contribution in [2.75, 3.05) is 0 Å². The molecule has 0 N–H and O–H groups in total. The Hall–Kier alpha value is -0.530. The highest BCUT2D eigenvalue weighted by atomic mass is 16.5. The third-order valence-electron chi connectivity index (χ3n) is 2.67. The van der Waals surface area contributed by atoms with Crippen LogP contribution in [0.3, 0.4) is 0 Å². The van der Waals surface area contributed by atoms with Crippen molar-refractivity contribution in [1.29, 1.82) is 0 Å². The van der Waals surface area contributed by atoms with Crippen molar-refractivity contribution in [3.05, 3.63) is 0 Å². The number of cyclic esters (lactones) is 1. The number of hydrogen-bond acceptors (Lipinski definition) is 2. The Balaban J connectivity index is 2.11. The second-order valence-corrected chi connectivity index (χ2v) is 4.03. The van der Waals surface area contributed by atoms with E-state index in [-0.39, 0.29) is 18.0 Å². The second-order valence-electron chi connectivity index (χ2n) is 4.03. The summed E-state index contributed by atoms with van der Waals surface area (Å²) < 4.78 is 5.09. The minimum atomic E-state index is 0.0315. The Morgan fingerprint density at radius 2 is 2.15 bits per heavy atom. The van der Waals surface area contributed by atoms with Crippen molar-refractivity contribution in [1.82, 2.24) is 0 Å². The van der Waals surface area contributed by atoms with Crippen LogP contribution in [0.1, 0.15) is 52.4 Å². The fourth-order valence-electron chi connectivity index (χ4n) is 1.89. The van der Waals surface area contributed by atoms with E-state index >= 15 is 0 Å². The predicted octanol–water partition coefficient (Wildman–Crippen LogP) is 2.91. The summed E-state index contributed by atoms with van der Waals surface area (Å²) in [6.07, 6.45) is 7.11. The van der Waals surface area contributed by atoms with Gasteiger partial charge in [-0.3, -0.25) is 4.79 Å². The molecule has 0 spiro atoms. The molecular weight excluding hydrogens is 164 g/mol. The number of unbranched alkanes of at least 4 members (excludes halogenated alkanes) is 3. The van der Waals surface area contributed by atoms with Gasteiger partial charge in [-0.1, -0.05) is 32.6 Å². The Bertz CT molecular complexity index is 165.